The van der Waals surface area contributed by atoms with Gasteiger partial charge in [-0.05, 0) is 36.8 Å². The SMILES string of the molecule is CCOc1ccccc1Oc1ccc(CNC(=O)c2csc(-c3ccccc3OC)n2)cn1. The van der Waals surface area contributed by atoms with Crippen molar-refractivity contribution in [2.45, 2.75) is 13.5 Å². The highest BCUT2D eigenvalue weighted by molar-refractivity contribution is 7.13. The summed E-state index contributed by atoms with van der Waals surface area (Å²) in [5.74, 6) is 2.17. The van der Waals surface area contributed by atoms with Crippen LogP contribution in [-0.4, -0.2) is 29.6 Å². The molecule has 0 radical (unpaired) electrons. The fourth-order valence-corrected chi connectivity index (χ4v) is 3.92. The number of para-hydroxylation sites is 3. The van der Waals surface area contributed by atoms with Crippen LogP contribution in [0.15, 0.2) is 72.2 Å². The number of benzene rings is 2. The number of rotatable bonds is 9. The van der Waals surface area contributed by atoms with Gasteiger partial charge < -0.3 is 19.5 Å². The quantitative estimate of drug-likeness (QED) is 0.363. The van der Waals surface area contributed by atoms with Crippen molar-refractivity contribution in [3.8, 4) is 33.7 Å². The van der Waals surface area contributed by atoms with E-state index >= 15 is 0 Å². The van der Waals surface area contributed by atoms with Gasteiger partial charge in [-0.25, -0.2) is 9.97 Å². The van der Waals surface area contributed by atoms with E-state index in [0.29, 0.717) is 36.2 Å². The van der Waals surface area contributed by atoms with E-state index in [0.717, 1.165) is 21.9 Å². The maximum Gasteiger partial charge on any atom is 0.271 e. The van der Waals surface area contributed by atoms with Crippen LogP contribution in [0.1, 0.15) is 23.0 Å². The van der Waals surface area contributed by atoms with Crippen molar-refractivity contribution in [3.63, 3.8) is 0 Å². The van der Waals surface area contributed by atoms with Crippen LogP contribution < -0.4 is 19.5 Å². The topological polar surface area (TPSA) is 82.6 Å². The lowest BCUT2D eigenvalue weighted by atomic mass is 10.2. The van der Waals surface area contributed by atoms with Crippen LogP contribution in [0.2, 0.25) is 0 Å². The third kappa shape index (κ3) is 5.48. The molecule has 0 aliphatic carbocycles. The van der Waals surface area contributed by atoms with Crippen LogP contribution in [0.3, 0.4) is 0 Å². The highest BCUT2D eigenvalue weighted by atomic mass is 32.1. The Hall–Kier alpha value is -3.91. The second kappa shape index (κ2) is 10.6. The lowest BCUT2D eigenvalue weighted by molar-refractivity contribution is 0.0946. The average Bonchev–Trinajstić information content (AvgIpc) is 3.35. The molecule has 0 atom stereocenters. The fourth-order valence-electron chi connectivity index (χ4n) is 3.09. The second-order valence-electron chi connectivity index (χ2n) is 6.91. The van der Waals surface area contributed by atoms with Crippen molar-refractivity contribution in [3.05, 3.63) is 83.5 Å². The van der Waals surface area contributed by atoms with Gasteiger partial charge in [0.05, 0.1) is 19.3 Å². The van der Waals surface area contributed by atoms with Crippen LogP contribution >= 0.6 is 11.3 Å². The number of carbonyl (C=O) groups is 1. The number of hydrogen-bond donors (Lipinski definition) is 1. The molecular weight excluding hydrogens is 438 g/mol. The number of methoxy groups -OCH3 is 1. The minimum atomic E-state index is -0.252. The van der Waals surface area contributed by atoms with Crippen LogP contribution in [0.4, 0.5) is 0 Å². The Kier molecular flexibility index (Phi) is 7.16. The van der Waals surface area contributed by atoms with Crippen molar-refractivity contribution in [1.29, 1.82) is 0 Å². The highest BCUT2D eigenvalue weighted by Gasteiger charge is 2.14. The number of nitrogens with zero attached hydrogens (tertiary/aromatic N) is 2. The molecule has 2 aromatic carbocycles. The number of pyridine rings is 1. The van der Waals surface area contributed by atoms with Crippen molar-refractivity contribution in [1.82, 2.24) is 15.3 Å². The monoisotopic (exact) mass is 461 g/mol. The molecule has 0 unspecified atom stereocenters. The van der Waals surface area contributed by atoms with Crippen molar-refractivity contribution >= 4 is 17.2 Å². The molecule has 0 aliphatic heterocycles. The molecule has 0 bridgehead atoms. The molecule has 0 spiro atoms. The third-order valence-corrected chi connectivity index (χ3v) is 5.56. The lowest BCUT2D eigenvalue weighted by Gasteiger charge is -2.11. The molecule has 0 saturated carbocycles. The van der Waals surface area contributed by atoms with Crippen LogP contribution in [0, 0.1) is 0 Å². The Morgan fingerprint density at radius 1 is 1.00 bits per heavy atom. The third-order valence-electron chi connectivity index (χ3n) is 4.69. The zero-order valence-electron chi connectivity index (χ0n) is 18.3. The summed E-state index contributed by atoms with van der Waals surface area (Å²) in [4.78, 5) is 21.4. The Bertz CT molecular complexity index is 1220. The molecule has 0 fully saturated rings. The molecule has 33 heavy (non-hydrogen) atoms. The van der Waals surface area contributed by atoms with Gasteiger partial charge in [0.25, 0.3) is 5.91 Å². The summed E-state index contributed by atoms with van der Waals surface area (Å²) < 4.78 is 16.8. The Balaban J connectivity index is 1.36. The molecule has 4 aromatic rings. The average molecular weight is 462 g/mol. The van der Waals surface area contributed by atoms with Gasteiger partial charge in [-0.3, -0.25) is 4.79 Å². The van der Waals surface area contributed by atoms with Gasteiger partial charge in [-0.15, -0.1) is 11.3 Å². The van der Waals surface area contributed by atoms with Gasteiger partial charge in [-0.1, -0.05) is 30.3 Å². The number of aromatic nitrogens is 2. The summed E-state index contributed by atoms with van der Waals surface area (Å²) in [5.41, 5.74) is 2.06. The van der Waals surface area contributed by atoms with Crippen molar-refractivity contribution in [2.24, 2.45) is 0 Å². The fraction of sp³-hybridized carbons (Fsp3) is 0.160. The molecule has 2 aromatic heterocycles. The first-order valence-corrected chi connectivity index (χ1v) is 11.3. The summed E-state index contributed by atoms with van der Waals surface area (Å²) in [7, 11) is 1.61. The number of nitrogens with one attached hydrogen (secondary N) is 1. The van der Waals surface area contributed by atoms with Gasteiger partial charge in [0.15, 0.2) is 11.5 Å². The zero-order chi connectivity index (χ0) is 23.0. The van der Waals surface area contributed by atoms with E-state index in [1.807, 2.05) is 61.5 Å². The summed E-state index contributed by atoms with van der Waals surface area (Å²) >= 11 is 1.40. The molecule has 8 heteroatoms. The number of hydrogen-bond acceptors (Lipinski definition) is 7. The Labute approximate surface area is 196 Å². The Morgan fingerprint density at radius 3 is 2.48 bits per heavy atom. The van der Waals surface area contributed by atoms with E-state index in [4.69, 9.17) is 14.2 Å². The van der Waals surface area contributed by atoms with Crippen molar-refractivity contribution < 1.29 is 19.0 Å². The number of thiazole rings is 1. The van der Waals surface area contributed by atoms with E-state index in [1.165, 1.54) is 11.3 Å². The normalized spacial score (nSPS) is 10.5. The maximum atomic E-state index is 12.6. The van der Waals surface area contributed by atoms with Gasteiger partial charge in [0.2, 0.25) is 5.88 Å². The number of carbonyl (C=O) groups excluding carboxylic acids is 1. The molecule has 2 heterocycles. The standard InChI is InChI=1S/C25H23N3O4S/c1-3-31-21-10-6-7-11-22(21)32-23-13-12-17(14-26-23)15-27-24(29)19-16-33-25(28-19)18-8-4-5-9-20(18)30-2/h4-14,16H,3,15H2,1-2H3,(H,27,29). The van der Waals surface area contributed by atoms with Gasteiger partial charge in [0, 0.05) is 24.2 Å². The molecule has 168 valence electrons. The zero-order valence-corrected chi connectivity index (χ0v) is 19.1. The van der Waals surface area contributed by atoms with Gasteiger partial charge in [-0.2, -0.15) is 0 Å². The maximum absolute atomic E-state index is 12.6. The van der Waals surface area contributed by atoms with E-state index in [2.05, 4.69) is 15.3 Å². The van der Waals surface area contributed by atoms with Crippen molar-refractivity contribution in [2.75, 3.05) is 13.7 Å². The largest absolute Gasteiger partial charge is 0.496 e. The molecule has 7 nitrogen and oxygen atoms in total. The van der Waals surface area contributed by atoms with Gasteiger partial charge >= 0.3 is 0 Å². The number of ether oxygens (including phenoxy) is 3. The minimum absolute atomic E-state index is 0.252. The minimum Gasteiger partial charge on any atom is -0.496 e. The smallest absolute Gasteiger partial charge is 0.271 e. The van der Waals surface area contributed by atoms with E-state index in [1.54, 1.807) is 24.8 Å². The van der Waals surface area contributed by atoms with E-state index < -0.39 is 0 Å². The van der Waals surface area contributed by atoms with Crippen LogP contribution in [0.25, 0.3) is 10.6 Å². The summed E-state index contributed by atoms with van der Waals surface area (Å²) in [6.45, 7) is 2.79. The van der Waals surface area contributed by atoms with E-state index in [9.17, 15) is 4.79 Å². The second-order valence-corrected chi connectivity index (χ2v) is 7.77. The number of amides is 1. The molecule has 0 aliphatic rings. The molecule has 0 saturated heterocycles. The lowest BCUT2D eigenvalue weighted by Crippen LogP contribution is -2.23. The van der Waals surface area contributed by atoms with Crippen LogP contribution in [0.5, 0.6) is 23.1 Å². The summed E-state index contributed by atoms with van der Waals surface area (Å²) in [6.07, 6.45) is 1.67. The first-order chi connectivity index (χ1) is 16.2. The summed E-state index contributed by atoms with van der Waals surface area (Å²) in [5, 5.41) is 5.34. The van der Waals surface area contributed by atoms with Gasteiger partial charge in [0.1, 0.15) is 16.5 Å². The first-order valence-electron chi connectivity index (χ1n) is 10.4. The van der Waals surface area contributed by atoms with E-state index in [-0.39, 0.29) is 5.91 Å². The first kappa shape index (κ1) is 22.3. The van der Waals surface area contributed by atoms with Crippen LogP contribution in [-0.2, 0) is 6.54 Å². The highest BCUT2D eigenvalue weighted by Crippen LogP contribution is 2.32. The predicted molar refractivity (Wildman–Crippen MR) is 127 cm³/mol. The molecule has 1 amide bonds. The Morgan fingerprint density at radius 2 is 1.76 bits per heavy atom. The predicted octanol–water partition coefficient (Wildman–Crippen LogP) is 5.33. The summed E-state index contributed by atoms with van der Waals surface area (Å²) in [6, 6.07) is 18.6. The molecule has 1 N–H and O–H groups in total. The molecule has 4 rings (SSSR count). The molecular formula is C25H23N3O4S.